The Morgan fingerprint density at radius 3 is 2.48 bits per heavy atom. The third-order valence-corrected chi connectivity index (χ3v) is 4.28. The van der Waals surface area contributed by atoms with Crippen molar-refractivity contribution in [1.29, 1.82) is 0 Å². The van der Waals surface area contributed by atoms with E-state index in [0.29, 0.717) is 12.8 Å². The van der Waals surface area contributed by atoms with Crippen LogP contribution in [0.5, 0.6) is 5.75 Å². The van der Waals surface area contributed by atoms with Crippen molar-refractivity contribution in [3.63, 3.8) is 0 Å². The molecule has 21 heavy (non-hydrogen) atoms. The van der Waals surface area contributed by atoms with Crippen LogP contribution in [0.4, 0.5) is 8.78 Å². The first-order valence-corrected chi connectivity index (χ1v) is 7.11. The standard InChI is InChI=1S/C15H17F2NO3/c16-15(17)21-13-4-2-1-3-12(13)14(20)18-9-5-6-10(18)8-11(19)7-9/h1-4,9-11,15,19H,5-8H2. The third kappa shape index (κ3) is 2.72. The number of amides is 1. The lowest BCUT2D eigenvalue weighted by Gasteiger charge is -2.37. The highest BCUT2D eigenvalue weighted by atomic mass is 19.3. The van der Waals surface area contributed by atoms with Gasteiger partial charge in [-0.25, -0.2) is 0 Å². The summed E-state index contributed by atoms with van der Waals surface area (Å²) in [5.41, 5.74) is 0.158. The SMILES string of the molecule is O=C(c1ccccc1OC(F)F)N1C2CCC1CC(O)C2. The van der Waals surface area contributed by atoms with Crippen molar-refractivity contribution in [3.05, 3.63) is 29.8 Å². The molecule has 0 radical (unpaired) electrons. The number of aliphatic hydroxyl groups is 1. The van der Waals surface area contributed by atoms with Gasteiger partial charge in [-0.2, -0.15) is 8.78 Å². The molecular formula is C15H17F2NO3. The maximum atomic E-state index is 12.7. The van der Waals surface area contributed by atoms with Crippen LogP contribution in [-0.4, -0.2) is 40.7 Å². The second-order valence-corrected chi connectivity index (χ2v) is 5.60. The molecule has 1 N–H and O–H groups in total. The van der Waals surface area contributed by atoms with Crippen LogP contribution in [0.25, 0.3) is 0 Å². The summed E-state index contributed by atoms with van der Waals surface area (Å²) in [5, 5.41) is 9.77. The van der Waals surface area contributed by atoms with Gasteiger partial charge in [-0.1, -0.05) is 12.1 Å². The van der Waals surface area contributed by atoms with Gasteiger partial charge in [0.25, 0.3) is 5.91 Å². The lowest BCUT2D eigenvalue weighted by Crippen LogP contribution is -2.48. The average molecular weight is 297 g/mol. The van der Waals surface area contributed by atoms with Crippen LogP contribution >= 0.6 is 0 Å². The lowest BCUT2D eigenvalue weighted by atomic mass is 9.98. The summed E-state index contributed by atoms with van der Waals surface area (Å²) in [7, 11) is 0. The molecule has 2 aliphatic heterocycles. The number of carbonyl (C=O) groups is 1. The van der Waals surface area contributed by atoms with Crippen molar-refractivity contribution in [3.8, 4) is 5.75 Å². The predicted molar refractivity (Wildman–Crippen MR) is 71.3 cm³/mol. The van der Waals surface area contributed by atoms with Crippen molar-refractivity contribution in [1.82, 2.24) is 4.90 Å². The van der Waals surface area contributed by atoms with E-state index in [1.165, 1.54) is 12.1 Å². The first-order chi connectivity index (χ1) is 10.1. The zero-order chi connectivity index (χ0) is 15.0. The number of hydrogen-bond acceptors (Lipinski definition) is 3. The molecule has 0 spiro atoms. The number of benzene rings is 1. The molecule has 4 nitrogen and oxygen atoms in total. The Kier molecular flexibility index (Phi) is 3.80. The number of aliphatic hydroxyl groups excluding tert-OH is 1. The fraction of sp³-hybridized carbons (Fsp3) is 0.533. The quantitative estimate of drug-likeness (QED) is 0.932. The fourth-order valence-corrected chi connectivity index (χ4v) is 3.46. The Labute approximate surface area is 121 Å². The molecule has 0 saturated carbocycles. The van der Waals surface area contributed by atoms with E-state index in [4.69, 9.17) is 0 Å². The van der Waals surface area contributed by atoms with Crippen LogP contribution in [0, 0.1) is 0 Å². The molecule has 0 aliphatic carbocycles. The normalized spacial score (nSPS) is 28.0. The summed E-state index contributed by atoms with van der Waals surface area (Å²) in [5.74, 6) is -0.381. The second-order valence-electron chi connectivity index (χ2n) is 5.60. The van der Waals surface area contributed by atoms with Crippen molar-refractivity contribution in [2.75, 3.05) is 0 Å². The molecule has 1 amide bonds. The van der Waals surface area contributed by atoms with Crippen LogP contribution in [-0.2, 0) is 0 Å². The van der Waals surface area contributed by atoms with Gasteiger partial charge in [0.05, 0.1) is 11.7 Å². The number of halogens is 2. The van der Waals surface area contributed by atoms with E-state index in [9.17, 15) is 18.7 Å². The summed E-state index contributed by atoms with van der Waals surface area (Å²) < 4.78 is 29.3. The molecule has 6 heteroatoms. The summed E-state index contributed by atoms with van der Waals surface area (Å²) in [6.07, 6.45) is 2.44. The maximum Gasteiger partial charge on any atom is 0.387 e. The van der Waals surface area contributed by atoms with Gasteiger partial charge in [0, 0.05) is 12.1 Å². The number of carbonyl (C=O) groups excluding carboxylic acids is 1. The van der Waals surface area contributed by atoms with Crippen molar-refractivity contribution in [2.45, 2.75) is 50.5 Å². The predicted octanol–water partition coefficient (Wildman–Crippen LogP) is 2.42. The van der Waals surface area contributed by atoms with E-state index in [-0.39, 0.29) is 35.4 Å². The minimum Gasteiger partial charge on any atom is -0.434 e. The number of nitrogens with zero attached hydrogens (tertiary/aromatic N) is 1. The summed E-state index contributed by atoms with van der Waals surface area (Å²) in [4.78, 5) is 14.4. The van der Waals surface area contributed by atoms with Gasteiger partial charge in [0.15, 0.2) is 0 Å². The zero-order valence-electron chi connectivity index (χ0n) is 11.4. The molecule has 3 rings (SSSR count). The first kappa shape index (κ1) is 14.3. The van der Waals surface area contributed by atoms with Gasteiger partial charge < -0.3 is 14.7 Å². The largest absolute Gasteiger partial charge is 0.434 e. The summed E-state index contributed by atoms with van der Waals surface area (Å²) >= 11 is 0. The second kappa shape index (κ2) is 5.60. The van der Waals surface area contributed by atoms with Crippen LogP contribution in [0.2, 0.25) is 0 Å². The van der Waals surface area contributed by atoms with Crippen molar-refractivity contribution >= 4 is 5.91 Å². The van der Waals surface area contributed by atoms with Crippen molar-refractivity contribution < 1.29 is 23.4 Å². The van der Waals surface area contributed by atoms with Crippen molar-refractivity contribution in [2.24, 2.45) is 0 Å². The monoisotopic (exact) mass is 297 g/mol. The molecule has 2 unspecified atom stereocenters. The first-order valence-electron chi connectivity index (χ1n) is 7.11. The van der Waals surface area contributed by atoms with Crippen LogP contribution in [0.3, 0.4) is 0 Å². The zero-order valence-corrected chi connectivity index (χ0v) is 11.4. The Hall–Kier alpha value is -1.69. The molecule has 2 heterocycles. The van der Waals surface area contributed by atoms with Gasteiger partial charge in [-0.3, -0.25) is 4.79 Å². The maximum absolute atomic E-state index is 12.7. The molecule has 2 aliphatic rings. The lowest BCUT2D eigenvalue weighted by molar-refractivity contribution is -0.0504. The molecule has 1 aromatic carbocycles. The average Bonchev–Trinajstić information content (AvgIpc) is 2.70. The van der Waals surface area contributed by atoms with E-state index >= 15 is 0 Å². The molecule has 114 valence electrons. The Balaban J connectivity index is 1.86. The smallest absolute Gasteiger partial charge is 0.387 e. The van der Waals surface area contributed by atoms with Crippen LogP contribution in [0.1, 0.15) is 36.0 Å². The number of para-hydroxylation sites is 1. The Bertz CT molecular complexity index is 523. The Morgan fingerprint density at radius 1 is 1.24 bits per heavy atom. The number of alkyl halides is 2. The van der Waals surface area contributed by atoms with Gasteiger partial charge in [-0.05, 0) is 37.8 Å². The highest BCUT2D eigenvalue weighted by Gasteiger charge is 2.43. The Morgan fingerprint density at radius 2 is 1.86 bits per heavy atom. The van der Waals surface area contributed by atoms with E-state index in [1.807, 2.05) is 0 Å². The molecule has 2 atom stereocenters. The number of piperidine rings is 1. The van der Waals surface area contributed by atoms with Gasteiger partial charge >= 0.3 is 6.61 Å². The number of rotatable bonds is 3. The van der Waals surface area contributed by atoms with Crippen LogP contribution in [0.15, 0.2) is 24.3 Å². The third-order valence-electron chi connectivity index (χ3n) is 4.28. The van der Waals surface area contributed by atoms with Gasteiger partial charge in [0.1, 0.15) is 5.75 Å². The van der Waals surface area contributed by atoms with E-state index in [2.05, 4.69) is 4.74 Å². The van der Waals surface area contributed by atoms with E-state index < -0.39 is 6.61 Å². The van der Waals surface area contributed by atoms with Crippen LogP contribution < -0.4 is 4.74 Å². The van der Waals surface area contributed by atoms with E-state index in [0.717, 1.165) is 12.8 Å². The van der Waals surface area contributed by atoms with E-state index in [1.54, 1.807) is 17.0 Å². The van der Waals surface area contributed by atoms with Gasteiger partial charge in [0.2, 0.25) is 0 Å². The number of fused-ring (bicyclic) bond motifs is 2. The number of hydrogen-bond donors (Lipinski definition) is 1. The summed E-state index contributed by atoms with van der Waals surface area (Å²) in [6.45, 7) is -2.96. The molecule has 1 aromatic rings. The summed E-state index contributed by atoms with van der Waals surface area (Å²) in [6, 6.07) is 6.05. The number of ether oxygens (including phenoxy) is 1. The molecule has 2 fully saturated rings. The molecule has 2 bridgehead atoms. The molecular weight excluding hydrogens is 280 g/mol. The minimum atomic E-state index is -2.96. The molecule has 0 aromatic heterocycles. The highest BCUT2D eigenvalue weighted by molar-refractivity contribution is 5.97. The van der Waals surface area contributed by atoms with Gasteiger partial charge in [-0.15, -0.1) is 0 Å². The minimum absolute atomic E-state index is 0.00847. The topological polar surface area (TPSA) is 49.8 Å². The fourth-order valence-electron chi connectivity index (χ4n) is 3.46. The molecule has 2 saturated heterocycles. The highest BCUT2D eigenvalue weighted by Crippen LogP contribution is 2.37.